The Morgan fingerprint density at radius 1 is 1.42 bits per heavy atom. The SMILES string of the molecule is Cc1nc2sc(C(F)(F)F)cn2c1C(=O)NCc1ccc2c(c1)OCC2. The molecule has 3 heterocycles. The average Bonchev–Trinajstić information content (AvgIpc) is 3.24. The van der Waals surface area contributed by atoms with Crippen molar-refractivity contribution >= 4 is 22.2 Å². The molecule has 4 rings (SSSR count). The minimum Gasteiger partial charge on any atom is -0.493 e. The number of hydrogen-bond acceptors (Lipinski definition) is 4. The number of fused-ring (bicyclic) bond motifs is 2. The Balaban J connectivity index is 1.56. The van der Waals surface area contributed by atoms with Gasteiger partial charge in [0.25, 0.3) is 5.91 Å². The molecule has 5 nitrogen and oxygen atoms in total. The molecule has 2 aromatic heterocycles. The van der Waals surface area contributed by atoms with Crippen LogP contribution in [0.15, 0.2) is 24.4 Å². The molecule has 0 unspecified atom stereocenters. The summed E-state index contributed by atoms with van der Waals surface area (Å²) in [7, 11) is 0. The third-order valence-corrected chi connectivity index (χ3v) is 5.24. The first-order chi connectivity index (χ1) is 12.3. The Morgan fingerprint density at radius 3 is 3.00 bits per heavy atom. The predicted molar refractivity (Wildman–Crippen MR) is 89.6 cm³/mol. The summed E-state index contributed by atoms with van der Waals surface area (Å²) in [6, 6.07) is 5.73. The molecule has 9 heteroatoms. The van der Waals surface area contributed by atoms with Gasteiger partial charge in [-0.1, -0.05) is 23.5 Å². The van der Waals surface area contributed by atoms with Crippen molar-refractivity contribution in [1.29, 1.82) is 0 Å². The van der Waals surface area contributed by atoms with E-state index in [2.05, 4.69) is 10.3 Å². The highest BCUT2D eigenvalue weighted by atomic mass is 32.1. The number of hydrogen-bond donors (Lipinski definition) is 1. The van der Waals surface area contributed by atoms with Gasteiger partial charge < -0.3 is 10.1 Å². The Labute approximate surface area is 150 Å². The topological polar surface area (TPSA) is 55.6 Å². The number of nitrogens with one attached hydrogen (secondary N) is 1. The molecule has 0 aliphatic carbocycles. The maximum Gasteiger partial charge on any atom is 0.427 e. The van der Waals surface area contributed by atoms with E-state index in [1.807, 2.05) is 18.2 Å². The first kappa shape index (κ1) is 16.9. The van der Waals surface area contributed by atoms with E-state index in [4.69, 9.17) is 4.74 Å². The van der Waals surface area contributed by atoms with Crippen molar-refractivity contribution in [3.8, 4) is 5.75 Å². The van der Waals surface area contributed by atoms with Gasteiger partial charge in [-0.3, -0.25) is 9.20 Å². The number of aromatic nitrogens is 2. The summed E-state index contributed by atoms with van der Waals surface area (Å²) in [4.78, 5) is 16.0. The van der Waals surface area contributed by atoms with E-state index in [9.17, 15) is 18.0 Å². The van der Waals surface area contributed by atoms with Crippen LogP contribution in [0.25, 0.3) is 4.96 Å². The fourth-order valence-electron chi connectivity index (χ4n) is 2.95. The number of thiazole rings is 1. The summed E-state index contributed by atoms with van der Waals surface area (Å²) in [5, 5.41) is 2.74. The van der Waals surface area contributed by atoms with Crippen LogP contribution in [0.1, 0.15) is 32.2 Å². The Morgan fingerprint density at radius 2 is 2.23 bits per heavy atom. The molecule has 1 N–H and O–H groups in total. The van der Waals surface area contributed by atoms with Crippen LogP contribution in [0.3, 0.4) is 0 Å². The van der Waals surface area contributed by atoms with Gasteiger partial charge in [-0.2, -0.15) is 13.2 Å². The first-order valence-electron chi connectivity index (χ1n) is 7.91. The van der Waals surface area contributed by atoms with Crippen LogP contribution in [0.2, 0.25) is 0 Å². The number of carbonyl (C=O) groups excluding carboxylic acids is 1. The van der Waals surface area contributed by atoms with Gasteiger partial charge in [0.15, 0.2) is 4.96 Å². The summed E-state index contributed by atoms with van der Waals surface area (Å²) in [6.07, 6.45) is -2.68. The van der Waals surface area contributed by atoms with Gasteiger partial charge in [0.05, 0.1) is 12.3 Å². The molecule has 0 bridgehead atoms. The van der Waals surface area contributed by atoms with Gasteiger partial charge in [-0.05, 0) is 24.1 Å². The van der Waals surface area contributed by atoms with Crippen molar-refractivity contribution in [2.24, 2.45) is 0 Å². The molecule has 0 atom stereocenters. The van der Waals surface area contributed by atoms with Crippen LogP contribution in [0.5, 0.6) is 5.75 Å². The zero-order valence-corrected chi connectivity index (χ0v) is 14.5. The molecule has 1 amide bonds. The van der Waals surface area contributed by atoms with E-state index in [1.54, 1.807) is 6.92 Å². The third-order valence-electron chi connectivity index (χ3n) is 4.21. The predicted octanol–water partition coefficient (Wildman–Crippen LogP) is 3.59. The summed E-state index contributed by atoms with van der Waals surface area (Å²) in [5.41, 5.74) is 2.49. The van der Waals surface area contributed by atoms with Crippen molar-refractivity contribution in [1.82, 2.24) is 14.7 Å². The van der Waals surface area contributed by atoms with Crippen molar-refractivity contribution in [3.05, 3.63) is 51.8 Å². The lowest BCUT2D eigenvalue weighted by Crippen LogP contribution is -2.24. The minimum absolute atomic E-state index is 0.115. The smallest absolute Gasteiger partial charge is 0.427 e. The Bertz CT molecular complexity index is 1010. The number of aryl methyl sites for hydroxylation is 1. The molecule has 1 aliphatic rings. The second-order valence-electron chi connectivity index (χ2n) is 6.01. The lowest BCUT2D eigenvalue weighted by molar-refractivity contribution is -0.134. The molecule has 0 fully saturated rings. The molecule has 0 saturated carbocycles. The van der Waals surface area contributed by atoms with Crippen LogP contribution in [0, 0.1) is 6.92 Å². The number of ether oxygens (including phenoxy) is 1. The molecule has 1 aliphatic heterocycles. The third kappa shape index (κ3) is 2.92. The maximum atomic E-state index is 12.9. The molecule has 0 saturated heterocycles. The quantitative estimate of drug-likeness (QED) is 0.754. The van der Waals surface area contributed by atoms with Crippen molar-refractivity contribution in [2.75, 3.05) is 6.61 Å². The van der Waals surface area contributed by atoms with E-state index in [1.165, 1.54) is 4.40 Å². The number of halogens is 3. The highest BCUT2D eigenvalue weighted by molar-refractivity contribution is 7.17. The molecular weight excluding hydrogens is 367 g/mol. The zero-order chi connectivity index (χ0) is 18.5. The maximum absolute atomic E-state index is 12.9. The second-order valence-corrected chi connectivity index (χ2v) is 7.02. The van der Waals surface area contributed by atoms with Gasteiger partial charge in [0, 0.05) is 19.2 Å². The molecule has 3 aromatic rings. The number of nitrogens with zero attached hydrogens (tertiary/aromatic N) is 2. The van der Waals surface area contributed by atoms with Crippen LogP contribution < -0.4 is 10.1 Å². The van der Waals surface area contributed by atoms with Gasteiger partial charge in [0.2, 0.25) is 0 Å². The molecule has 0 spiro atoms. The largest absolute Gasteiger partial charge is 0.493 e. The lowest BCUT2D eigenvalue weighted by atomic mass is 10.1. The lowest BCUT2D eigenvalue weighted by Gasteiger charge is -2.07. The first-order valence-corrected chi connectivity index (χ1v) is 8.73. The van der Waals surface area contributed by atoms with Gasteiger partial charge >= 0.3 is 6.18 Å². The molecule has 0 radical (unpaired) electrons. The van der Waals surface area contributed by atoms with Crippen molar-refractivity contribution in [2.45, 2.75) is 26.1 Å². The molecular formula is C17H14F3N3O2S. The number of carbonyl (C=O) groups is 1. The fourth-order valence-corrected chi connectivity index (χ4v) is 3.84. The molecule has 136 valence electrons. The van der Waals surface area contributed by atoms with E-state index >= 15 is 0 Å². The van der Waals surface area contributed by atoms with Crippen LogP contribution in [0.4, 0.5) is 13.2 Å². The van der Waals surface area contributed by atoms with E-state index in [-0.39, 0.29) is 17.2 Å². The van der Waals surface area contributed by atoms with Gasteiger partial charge in [0.1, 0.15) is 16.3 Å². The summed E-state index contributed by atoms with van der Waals surface area (Å²) < 4.78 is 45.3. The summed E-state index contributed by atoms with van der Waals surface area (Å²) in [6.45, 7) is 2.50. The standard InChI is InChI=1S/C17H14F3N3O2S/c1-9-14(23-8-13(17(18,19)20)26-16(23)22-9)15(24)21-7-10-2-3-11-4-5-25-12(11)6-10/h2-3,6,8H,4-5,7H2,1H3,(H,21,24). The monoisotopic (exact) mass is 381 g/mol. The van der Waals surface area contributed by atoms with Gasteiger partial charge in [-0.25, -0.2) is 4.98 Å². The van der Waals surface area contributed by atoms with Crippen LogP contribution in [-0.2, 0) is 19.1 Å². The fraction of sp³-hybridized carbons (Fsp3) is 0.294. The normalized spacial score (nSPS) is 13.7. The number of alkyl halides is 3. The highest BCUT2D eigenvalue weighted by Crippen LogP contribution is 2.35. The van der Waals surface area contributed by atoms with Crippen LogP contribution in [-0.4, -0.2) is 21.9 Å². The van der Waals surface area contributed by atoms with E-state index in [0.29, 0.717) is 23.6 Å². The number of rotatable bonds is 3. The summed E-state index contributed by atoms with van der Waals surface area (Å²) >= 11 is 0.515. The second kappa shape index (κ2) is 6.01. The highest BCUT2D eigenvalue weighted by Gasteiger charge is 2.34. The van der Waals surface area contributed by atoms with Crippen molar-refractivity contribution in [3.63, 3.8) is 0 Å². The van der Waals surface area contributed by atoms with Gasteiger partial charge in [-0.15, -0.1) is 0 Å². The Hall–Kier alpha value is -2.55. The van der Waals surface area contributed by atoms with E-state index in [0.717, 1.165) is 29.5 Å². The number of benzene rings is 1. The van der Waals surface area contributed by atoms with Crippen LogP contribution >= 0.6 is 11.3 Å². The number of amides is 1. The minimum atomic E-state index is -4.46. The zero-order valence-electron chi connectivity index (χ0n) is 13.7. The Kier molecular flexibility index (Phi) is 3.91. The van der Waals surface area contributed by atoms with E-state index < -0.39 is 17.0 Å². The molecule has 26 heavy (non-hydrogen) atoms. The molecule has 1 aromatic carbocycles. The summed E-state index contributed by atoms with van der Waals surface area (Å²) in [5.74, 6) is 0.343. The van der Waals surface area contributed by atoms with Crippen molar-refractivity contribution < 1.29 is 22.7 Å². The average molecular weight is 381 g/mol. The number of imidazole rings is 1.